The Balaban J connectivity index is 1.72. The zero-order chi connectivity index (χ0) is 16.7. The van der Waals surface area contributed by atoms with Gasteiger partial charge in [0.2, 0.25) is 0 Å². The van der Waals surface area contributed by atoms with Crippen molar-refractivity contribution in [2.45, 2.75) is 19.8 Å². The number of carbonyl (C=O) groups excluding carboxylic acids is 1. The molecule has 0 aromatic carbocycles. The maximum atomic E-state index is 12.7. The summed E-state index contributed by atoms with van der Waals surface area (Å²) >= 11 is 0. The first-order valence-electron chi connectivity index (χ1n) is 7.88. The Hall–Kier alpha value is -3.02. The van der Waals surface area contributed by atoms with Gasteiger partial charge in [0, 0.05) is 30.1 Å². The molecular formula is C18H17N5O. The van der Waals surface area contributed by atoms with Gasteiger partial charge in [0.15, 0.2) is 5.69 Å². The number of carbonyl (C=O) groups is 1. The highest BCUT2D eigenvalue weighted by atomic mass is 16.2. The van der Waals surface area contributed by atoms with Gasteiger partial charge in [0.05, 0.1) is 11.4 Å². The molecule has 0 spiro atoms. The van der Waals surface area contributed by atoms with Crippen molar-refractivity contribution >= 4 is 11.7 Å². The van der Waals surface area contributed by atoms with E-state index in [9.17, 15) is 4.79 Å². The van der Waals surface area contributed by atoms with E-state index in [0.29, 0.717) is 11.5 Å². The average Bonchev–Trinajstić information content (AvgIpc) is 2.92. The van der Waals surface area contributed by atoms with Crippen molar-refractivity contribution in [3.8, 4) is 11.3 Å². The number of hydrogen-bond acceptors (Lipinski definition) is 4. The second-order valence-electron chi connectivity index (χ2n) is 5.92. The smallest absolute Gasteiger partial charge is 0.277 e. The number of amides is 1. The first kappa shape index (κ1) is 14.6. The molecule has 6 heteroatoms. The molecule has 3 aromatic heterocycles. The minimum Gasteiger partial charge on any atom is -0.305 e. The van der Waals surface area contributed by atoms with Gasteiger partial charge in [-0.25, -0.2) is 4.98 Å². The molecular weight excluding hydrogens is 302 g/mol. The number of fused-ring (bicyclic) bond motifs is 3. The molecule has 0 unspecified atom stereocenters. The van der Waals surface area contributed by atoms with Gasteiger partial charge in [-0.1, -0.05) is 6.07 Å². The molecule has 3 aromatic rings. The SMILES string of the molecule is Cc1cccc(NC(=O)c2nn(C)c3c2CCc2ncccc2-3)n1. The Morgan fingerprint density at radius 1 is 1.21 bits per heavy atom. The lowest BCUT2D eigenvalue weighted by Gasteiger charge is -2.16. The summed E-state index contributed by atoms with van der Waals surface area (Å²) in [7, 11) is 1.86. The van der Waals surface area contributed by atoms with Crippen molar-refractivity contribution < 1.29 is 4.79 Å². The third-order valence-electron chi connectivity index (χ3n) is 4.25. The first-order chi connectivity index (χ1) is 11.6. The van der Waals surface area contributed by atoms with Gasteiger partial charge >= 0.3 is 0 Å². The Kier molecular flexibility index (Phi) is 3.37. The molecule has 1 aliphatic rings. The summed E-state index contributed by atoms with van der Waals surface area (Å²) in [4.78, 5) is 21.4. The van der Waals surface area contributed by atoms with Gasteiger partial charge in [0.25, 0.3) is 5.91 Å². The van der Waals surface area contributed by atoms with Crippen LogP contribution in [0.4, 0.5) is 5.82 Å². The maximum Gasteiger partial charge on any atom is 0.277 e. The van der Waals surface area contributed by atoms with Gasteiger partial charge < -0.3 is 5.32 Å². The molecule has 0 atom stereocenters. The molecule has 3 heterocycles. The molecule has 0 aliphatic heterocycles. The number of hydrogen-bond donors (Lipinski definition) is 1. The van der Waals surface area contributed by atoms with Gasteiger partial charge in [-0.15, -0.1) is 0 Å². The normalized spacial score (nSPS) is 12.4. The summed E-state index contributed by atoms with van der Waals surface area (Å²) in [6.45, 7) is 1.89. The summed E-state index contributed by atoms with van der Waals surface area (Å²) in [5.41, 5.74) is 5.39. The Morgan fingerprint density at radius 3 is 2.92 bits per heavy atom. The standard InChI is InChI=1S/C18H17N5O/c1-11-5-3-7-15(20-11)21-18(24)16-13-8-9-14-12(6-4-10-19-14)17(13)23(2)22-16/h3-7,10H,8-9H2,1-2H3,(H,20,21,24). The van der Waals surface area contributed by atoms with Crippen LogP contribution >= 0.6 is 0 Å². The number of anilines is 1. The van der Waals surface area contributed by atoms with E-state index in [1.165, 1.54) is 0 Å². The predicted octanol–water partition coefficient (Wildman–Crippen LogP) is 2.54. The zero-order valence-electron chi connectivity index (χ0n) is 13.6. The first-order valence-corrected chi connectivity index (χ1v) is 7.88. The molecule has 24 heavy (non-hydrogen) atoms. The van der Waals surface area contributed by atoms with E-state index >= 15 is 0 Å². The highest BCUT2D eigenvalue weighted by molar-refractivity contribution is 6.04. The van der Waals surface area contributed by atoms with Crippen molar-refractivity contribution in [3.63, 3.8) is 0 Å². The van der Waals surface area contributed by atoms with Crippen LogP contribution in [0.2, 0.25) is 0 Å². The number of nitrogens with zero attached hydrogens (tertiary/aromatic N) is 4. The Morgan fingerprint density at radius 2 is 2.08 bits per heavy atom. The molecule has 0 fully saturated rings. The second-order valence-corrected chi connectivity index (χ2v) is 5.92. The van der Waals surface area contributed by atoms with Crippen LogP contribution in [0, 0.1) is 6.92 Å². The summed E-state index contributed by atoms with van der Waals surface area (Å²) in [6.07, 6.45) is 3.38. The van der Waals surface area contributed by atoms with Crippen molar-refractivity contribution in [1.82, 2.24) is 19.7 Å². The average molecular weight is 319 g/mol. The summed E-state index contributed by atoms with van der Waals surface area (Å²) in [5.74, 6) is 0.314. The van der Waals surface area contributed by atoms with Crippen LogP contribution in [0.25, 0.3) is 11.3 Å². The van der Waals surface area contributed by atoms with Crippen molar-refractivity contribution in [3.05, 3.63) is 59.2 Å². The fraction of sp³-hybridized carbons (Fsp3) is 0.222. The van der Waals surface area contributed by atoms with Crippen LogP contribution < -0.4 is 5.32 Å². The lowest BCUT2D eigenvalue weighted by atomic mass is 9.92. The van der Waals surface area contributed by atoms with E-state index in [4.69, 9.17) is 0 Å². The van der Waals surface area contributed by atoms with Gasteiger partial charge in [-0.3, -0.25) is 14.5 Å². The number of aromatic nitrogens is 4. The van der Waals surface area contributed by atoms with Gasteiger partial charge in [0.1, 0.15) is 5.82 Å². The predicted molar refractivity (Wildman–Crippen MR) is 90.8 cm³/mol. The fourth-order valence-electron chi connectivity index (χ4n) is 3.21. The Bertz CT molecular complexity index is 944. The topological polar surface area (TPSA) is 72.7 Å². The van der Waals surface area contributed by atoms with Crippen molar-refractivity contribution in [2.24, 2.45) is 7.05 Å². The lowest BCUT2D eigenvalue weighted by molar-refractivity contribution is 0.102. The number of pyridine rings is 2. The third-order valence-corrected chi connectivity index (χ3v) is 4.25. The summed E-state index contributed by atoms with van der Waals surface area (Å²) < 4.78 is 1.77. The van der Waals surface area contributed by atoms with Crippen LogP contribution in [0.5, 0.6) is 0 Å². The Labute approximate surface area is 139 Å². The van der Waals surface area contributed by atoms with E-state index in [-0.39, 0.29) is 5.91 Å². The zero-order valence-corrected chi connectivity index (χ0v) is 13.6. The quantitative estimate of drug-likeness (QED) is 0.788. The van der Waals surface area contributed by atoms with Crippen LogP contribution in [-0.2, 0) is 19.9 Å². The van der Waals surface area contributed by atoms with Crippen molar-refractivity contribution in [1.29, 1.82) is 0 Å². The van der Waals surface area contributed by atoms with Crippen LogP contribution in [0.15, 0.2) is 36.5 Å². The molecule has 1 aliphatic carbocycles. The number of rotatable bonds is 2. The molecule has 0 saturated heterocycles. The summed E-state index contributed by atoms with van der Waals surface area (Å²) in [6, 6.07) is 9.48. The van der Waals surface area contributed by atoms with Crippen LogP contribution in [0.1, 0.15) is 27.4 Å². The molecule has 1 amide bonds. The fourth-order valence-corrected chi connectivity index (χ4v) is 3.21. The highest BCUT2D eigenvalue weighted by Crippen LogP contribution is 2.33. The molecule has 0 radical (unpaired) electrons. The van der Waals surface area contributed by atoms with E-state index in [1.807, 2.05) is 38.2 Å². The van der Waals surface area contributed by atoms with Gasteiger partial charge in [-0.2, -0.15) is 5.10 Å². The summed E-state index contributed by atoms with van der Waals surface area (Å²) in [5, 5.41) is 7.30. The second kappa shape index (κ2) is 5.56. The van der Waals surface area contributed by atoms with Crippen molar-refractivity contribution in [2.75, 3.05) is 5.32 Å². The number of aryl methyl sites for hydroxylation is 3. The minimum absolute atomic E-state index is 0.225. The lowest BCUT2D eigenvalue weighted by Crippen LogP contribution is -2.17. The molecule has 4 rings (SSSR count). The molecule has 6 nitrogen and oxygen atoms in total. The monoisotopic (exact) mass is 319 g/mol. The minimum atomic E-state index is -0.225. The van der Waals surface area contributed by atoms with E-state index in [1.54, 1.807) is 16.9 Å². The van der Waals surface area contributed by atoms with Crippen LogP contribution in [-0.4, -0.2) is 25.7 Å². The molecule has 120 valence electrons. The molecule has 0 saturated carbocycles. The largest absolute Gasteiger partial charge is 0.305 e. The van der Waals surface area contributed by atoms with Gasteiger partial charge in [-0.05, 0) is 44.0 Å². The van der Waals surface area contributed by atoms with E-state index in [0.717, 1.165) is 41.1 Å². The number of nitrogens with one attached hydrogen (secondary N) is 1. The van der Waals surface area contributed by atoms with Crippen LogP contribution in [0.3, 0.4) is 0 Å². The third kappa shape index (κ3) is 2.36. The molecule has 1 N–H and O–H groups in total. The van der Waals surface area contributed by atoms with E-state index in [2.05, 4.69) is 20.4 Å². The highest BCUT2D eigenvalue weighted by Gasteiger charge is 2.27. The maximum absolute atomic E-state index is 12.7. The molecule has 0 bridgehead atoms. The van der Waals surface area contributed by atoms with E-state index < -0.39 is 0 Å².